The van der Waals surface area contributed by atoms with Gasteiger partial charge in [0, 0.05) is 6.42 Å². The van der Waals surface area contributed by atoms with E-state index in [4.69, 9.17) is 14.2 Å². The van der Waals surface area contributed by atoms with Crippen molar-refractivity contribution in [1.82, 2.24) is 5.32 Å². The molecule has 0 aromatic rings. The maximum Gasteiger partial charge on any atom is 0.408 e. The van der Waals surface area contributed by atoms with E-state index in [0.29, 0.717) is 12.8 Å². The molecular formula is C17H23NO7. The van der Waals surface area contributed by atoms with Crippen LogP contribution < -0.4 is 5.32 Å². The number of hydrogen-bond donors (Lipinski definition) is 1. The normalized spacial score (nSPS) is 25.5. The van der Waals surface area contributed by atoms with Crippen molar-refractivity contribution in [2.45, 2.75) is 51.2 Å². The molecule has 1 N–H and O–H groups in total. The van der Waals surface area contributed by atoms with Crippen LogP contribution in [0.15, 0.2) is 11.1 Å². The summed E-state index contributed by atoms with van der Waals surface area (Å²) in [5.74, 6) is -2.48. The standard InChI is InChI=1S/C17H23NO7/c1-16(2,3)25-15(22)18-17-7-6-9(10(19)8-17)11(13(20)23-4)12(17)14(21)24-5/h9H,6-8H2,1-5H3,(H,18,22)/t9-,17-/m0/s1. The number of ether oxygens (including phenoxy) is 3. The zero-order chi connectivity index (χ0) is 19.0. The van der Waals surface area contributed by atoms with Crippen molar-refractivity contribution < 1.29 is 33.4 Å². The number of methoxy groups -OCH3 is 2. The molecule has 2 atom stereocenters. The molecule has 1 saturated carbocycles. The van der Waals surface area contributed by atoms with Crippen LogP contribution in [0.5, 0.6) is 0 Å². The highest BCUT2D eigenvalue weighted by molar-refractivity contribution is 6.10. The minimum Gasteiger partial charge on any atom is -0.466 e. The third kappa shape index (κ3) is 3.52. The van der Waals surface area contributed by atoms with Gasteiger partial charge in [-0.15, -0.1) is 0 Å². The Kier molecular flexibility index (Phi) is 4.92. The van der Waals surface area contributed by atoms with Crippen LogP contribution in [0.2, 0.25) is 0 Å². The Hall–Kier alpha value is -2.38. The van der Waals surface area contributed by atoms with Gasteiger partial charge in [0.1, 0.15) is 11.4 Å². The number of rotatable bonds is 3. The number of alkyl carbamates (subject to hydrolysis) is 1. The number of nitrogens with one attached hydrogen (secondary N) is 1. The molecule has 1 amide bonds. The second-order valence-electron chi connectivity index (χ2n) is 7.22. The second kappa shape index (κ2) is 6.50. The van der Waals surface area contributed by atoms with Crippen LogP contribution in [-0.4, -0.2) is 49.2 Å². The minimum atomic E-state index is -1.33. The number of hydrogen-bond acceptors (Lipinski definition) is 7. The van der Waals surface area contributed by atoms with Gasteiger partial charge in [-0.25, -0.2) is 14.4 Å². The Morgan fingerprint density at radius 1 is 1.12 bits per heavy atom. The molecule has 1 fully saturated rings. The van der Waals surface area contributed by atoms with E-state index in [2.05, 4.69) is 5.32 Å². The molecule has 3 aliphatic carbocycles. The van der Waals surface area contributed by atoms with Crippen molar-refractivity contribution >= 4 is 23.8 Å². The maximum atomic E-state index is 12.4. The Labute approximate surface area is 145 Å². The molecule has 0 aromatic heterocycles. The lowest BCUT2D eigenvalue weighted by atomic mass is 9.61. The summed E-state index contributed by atoms with van der Waals surface area (Å²) >= 11 is 0. The van der Waals surface area contributed by atoms with Crippen molar-refractivity contribution in [1.29, 1.82) is 0 Å². The van der Waals surface area contributed by atoms with Gasteiger partial charge in [0.2, 0.25) is 0 Å². The highest BCUT2D eigenvalue weighted by Crippen LogP contribution is 2.47. The molecule has 25 heavy (non-hydrogen) atoms. The Morgan fingerprint density at radius 2 is 1.72 bits per heavy atom. The van der Waals surface area contributed by atoms with Gasteiger partial charge in [0.05, 0.1) is 36.8 Å². The fourth-order valence-corrected chi connectivity index (χ4v) is 3.44. The van der Waals surface area contributed by atoms with Crippen LogP contribution in [0.4, 0.5) is 4.79 Å². The van der Waals surface area contributed by atoms with E-state index in [1.807, 2.05) is 0 Å². The third-order valence-corrected chi connectivity index (χ3v) is 4.36. The van der Waals surface area contributed by atoms with E-state index in [-0.39, 0.29) is 23.4 Å². The molecule has 0 aromatic carbocycles. The molecule has 8 heteroatoms. The van der Waals surface area contributed by atoms with Gasteiger partial charge >= 0.3 is 18.0 Å². The summed E-state index contributed by atoms with van der Waals surface area (Å²) in [4.78, 5) is 49.3. The number of fused-ring (bicyclic) bond motifs is 2. The van der Waals surface area contributed by atoms with Crippen molar-refractivity contribution in [3.8, 4) is 0 Å². The van der Waals surface area contributed by atoms with E-state index in [0.717, 1.165) is 0 Å². The summed E-state index contributed by atoms with van der Waals surface area (Å²) in [6.45, 7) is 5.10. The van der Waals surface area contributed by atoms with Crippen LogP contribution in [0.3, 0.4) is 0 Å². The first kappa shape index (κ1) is 19.0. The molecule has 0 radical (unpaired) electrons. The summed E-state index contributed by atoms with van der Waals surface area (Å²) in [6.07, 6.45) is -0.208. The molecule has 3 rings (SSSR count). The molecule has 3 aliphatic rings. The summed E-state index contributed by atoms with van der Waals surface area (Å²) in [6, 6.07) is 0. The third-order valence-electron chi connectivity index (χ3n) is 4.36. The first-order valence-corrected chi connectivity index (χ1v) is 8.00. The lowest BCUT2D eigenvalue weighted by Gasteiger charge is -2.46. The van der Waals surface area contributed by atoms with Crippen LogP contribution in [0.1, 0.15) is 40.0 Å². The number of esters is 2. The first-order valence-electron chi connectivity index (χ1n) is 8.00. The summed E-state index contributed by atoms with van der Waals surface area (Å²) in [5.41, 5.74) is -2.14. The Balaban J connectivity index is 2.52. The average Bonchev–Trinajstić information content (AvgIpc) is 2.50. The molecule has 0 saturated heterocycles. The van der Waals surface area contributed by atoms with Crippen LogP contribution in [0.25, 0.3) is 0 Å². The van der Waals surface area contributed by atoms with E-state index < -0.39 is 35.1 Å². The second-order valence-corrected chi connectivity index (χ2v) is 7.22. The lowest BCUT2D eigenvalue weighted by molar-refractivity contribution is -0.144. The number of ketones is 1. The van der Waals surface area contributed by atoms with E-state index in [9.17, 15) is 19.2 Å². The molecule has 0 unspecified atom stereocenters. The molecule has 2 bridgehead atoms. The zero-order valence-electron chi connectivity index (χ0n) is 15.1. The predicted octanol–water partition coefficient (Wildman–Crippen LogP) is 1.28. The van der Waals surface area contributed by atoms with Gasteiger partial charge in [-0.2, -0.15) is 0 Å². The van der Waals surface area contributed by atoms with E-state index >= 15 is 0 Å². The smallest absolute Gasteiger partial charge is 0.408 e. The first-order chi connectivity index (χ1) is 11.5. The quantitative estimate of drug-likeness (QED) is 0.601. The molecule has 8 nitrogen and oxygen atoms in total. The van der Waals surface area contributed by atoms with Gasteiger partial charge in [-0.1, -0.05) is 0 Å². The SMILES string of the molecule is COC(=O)C1=C(C(=O)OC)[C@]2(NC(=O)OC(C)(C)C)CC[C@H]1C(=O)C2. The van der Waals surface area contributed by atoms with Crippen molar-refractivity contribution in [3.63, 3.8) is 0 Å². The molecule has 0 spiro atoms. The van der Waals surface area contributed by atoms with Gasteiger partial charge in [0.15, 0.2) is 0 Å². The van der Waals surface area contributed by atoms with Crippen LogP contribution in [0, 0.1) is 5.92 Å². The molecule has 0 heterocycles. The summed E-state index contributed by atoms with van der Waals surface area (Å²) in [7, 11) is 2.35. The fraction of sp³-hybridized carbons (Fsp3) is 0.647. The van der Waals surface area contributed by atoms with E-state index in [1.165, 1.54) is 14.2 Å². The van der Waals surface area contributed by atoms with Crippen molar-refractivity contribution in [3.05, 3.63) is 11.1 Å². The lowest BCUT2D eigenvalue weighted by Crippen LogP contribution is -2.61. The van der Waals surface area contributed by atoms with E-state index in [1.54, 1.807) is 20.8 Å². The average molecular weight is 353 g/mol. The Bertz CT molecular complexity index is 658. The Morgan fingerprint density at radius 3 is 2.20 bits per heavy atom. The largest absolute Gasteiger partial charge is 0.466 e. The molecule has 0 aliphatic heterocycles. The predicted molar refractivity (Wildman–Crippen MR) is 85.5 cm³/mol. The fourth-order valence-electron chi connectivity index (χ4n) is 3.44. The highest BCUT2D eigenvalue weighted by atomic mass is 16.6. The highest BCUT2D eigenvalue weighted by Gasteiger charge is 2.56. The van der Waals surface area contributed by atoms with Gasteiger partial charge in [0.25, 0.3) is 0 Å². The van der Waals surface area contributed by atoms with Gasteiger partial charge < -0.3 is 19.5 Å². The van der Waals surface area contributed by atoms with Crippen molar-refractivity contribution in [2.24, 2.45) is 5.92 Å². The maximum absolute atomic E-state index is 12.4. The number of amides is 1. The van der Waals surface area contributed by atoms with Crippen molar-refractivity contribution in [2.75, 3.05) is 14.2 Å². The van der Waals surface area contributed by atoms with Crippen LogP contribution in [-0.2, 0) is 28.6 Å². The van der Waals surface area contributed by atoms with Gasteiger partial charge in [-0.05, 0) is 33.6 Å². The number of Topliss-reactive ketones (excluding diaryl/α,β-unsaturated/α-hetero) is 1. The summed E-state index contributed by atoms with van der Waals surface area (Å²) in [5, 5.41) is 2.63. The topological polar surface area (TPSA) is 108 Å². The minimum absolute atomic E-state index is 0.0245. The summed E-state index contributed by atoms with van der Waals surface area (Å²) < 4.78 is 14.8. The van der Waals surface area contributed by atoms with Gasteiger partial charge in [-0.3, -0.25) is 4.79 Å². The monoisotopic (exact) mass is 353 g/mol. The zero-order valence-corrected chi connectivity index (χ0v) is 15.1. The molecular weight excluding hydrogens is 330 g/mol. The molecule has 138 valence electrons. The number of carbonyl (C=O) groups excluding carboxylic acids is 4. The number of carbonyl (C=O) groups is 4. The van der Waals surface area contributed by atoms with Crippen LogP contribution >= 0.6 is 0 Å².